The molecule has 0 aliphatic carbocycles. The van der Waals surface area contributed by atoms with Crippen molar-refractivity contribution in [1.29, 1.82) is 0 Å². The highest BCUT2D eigenvalue weighted by Crippen LogP contribution is 2.25. The fourth-order valence-electron chi connectivity index (χ4n) is 1.59. The Balaban J connectivity index is 2.20. The zero-order chi connectivity index (χ0) is 13.8. The van der Waals surface area contributed by atoms with Crippen LogP contribution >= 0.6 is 27.5 Å². The second kappa shape index (κ2) is 6.08. The van der Waals surface area contributed by atoms with Gasteiger partial charge in [-0.05, 0) is 24.3 Å². The summed E-state index contributed by atoms with van der Waals surface area (Å²) in [4.78, 5) is 11.1. The molecule has 2 aromatic carbocycles. The lowest BCUT2D eigenvalue weighted by Crippen LogP contribution is -2.05. The number of halogens is 2. The molecule has 2 aromatic rings. The van der Waals surface area contributed by atoms with Gasteiger partial charge in [0.25, 0.3) is 0 Å². The smallest absolute Gasteiger partial charge is 0.336 e. The van der Waals surface area contributed by atoms with E-state index >= 15 is 0 Å². The summed E-state index contributed by atoms with van der Waals surface area (Å²) in [6.07, 6.45) is 0. The highest BCUT2D eigenvalue weighted by molar-refractivity contribution is 9.10. The summed E-state index contributed by atoms with van der Waals surface area (Å²) in [6, 6.07) is 12.1. The van der Waals surface area contributed by atoms with E-state index in [1.807, 2.05) is 0 Å². The summed E-state index contributed by atoms with van der Waals surface area (Å²) in [5.41, 5.74) is 0.803. The zero-order valence-electron chi connectivity index (χ0n) is 9.77. The van der Waals surface area contributed by atoms with Gasteiger partial charge in [-0.1, -0.05) is 45.7 Å². The van der Waals surface area contributed by atoms with Gasteiger partial charge in [-0.3, -0.25) is 0 Å². The number of carboxylic acids is 1. The Morgan fingerprint density at radius 1 is 1.26 bits per heavy atom. The summed E-state index contributed by atoms with van der Waals surface area (Å²) in [7, 11) is 0. The molecule has 0 unspecified atom stereocenters. The molecular weight excluding hydrogens is 332 g/mol. The van der Waals surface area contributed by atoms with Crippen molar-refractivity contribution >= 4 is 33.5 Å². The Kier molecular flexibility index (Phi) is 4.45. The molecule has 0 fully saturated rings. The van der Waals surface area contributed by atoms with E-state index in [1.165, 1.54) is 0 Å². The van der Waals surface area contributed by atoms with E-state index in [1.54, 1.807) is 42.5 Å². The molecule has 5 heteroatoms. The molecule has 19 heavy (non-hydrogen) atoms. The lowest BCUT2D eigenvalue weighted by molar-refractivity contribution is 0.0694. The predicted octanol–water partition coefficient (Wildman–Crippen LogP) is 4.38. The molecule has 0 aliphatic rings. The first-order valence-electron chi connectivity index (χ1n) is 5.47. The van der Waals surface area contributed by atoms with E-state index in [-0.39, 0.29) is 12.2 Å². The van der Waals surface area contributed by atoms with Crippen LogP contribution in [-0.4, -0.2) is 11.1 Å². The van der Waals surface area contributed by atoms with Crippen LogP contribution in [0.5, 0.6) is 5.75 Å². The first-order valence-corrected chi connectivity index (χ1v) is 6.64. The summed E-state index contributed by atoms with van der Waals surface area (Å²) >= 11 is 9.22. The van der Waals surface area contributed by atoms with E-state index in [9.17, 15) is 4.79 Å². The summed E-state index contributed by atoms with van der Waals surface area (Å²) < 4.78 is 6.26. The van der Waals surface area contributed by atoms with Crippen molar-refractivity contribution in [2.24, 2.45) is 0 Å². The fourth-order valence-corrected chi connectivity index (χ4v) is 2.14. The number of hydrogen-bond acceptors (Lipinski definition) is 2. The van der Waals surface area contributed by atoms with Crippen LogP contribution in [-0.2, 0) is 6.61 Å². The van der Waals surface area contributed by atoms with Gasteiger partial charge in [0.05, 0.1) is 10.6 Å². The van der Waals surface area contributed by atoms with Gasteiger partial charge < -0.3 is 9.84 Å². The number of rotatable bonds is 4. The van der Waals surface area contributed by atoms with Crippen molar-refractivity contribution in [3.05, 3.63) is 63.1 Å². The number of carbonyl (C=O) groups is 1. The maximum Gasteiger partial charge on any atom is 0.336 e. The predicted molar refractivity (Wildman–Crippen MR) is 76.9 cm³/mol. The molecule has 0 aromatic heterocycles. The van der Waals surface area contributed by atoms with Crippen LogP contribution in [0.1, 0.15) is 15.9 Å². The van der Waals surface area contributed by atoms with Gasteiger partial charge in [-0.15, -0.1) is 0 Å². The topological polar surface area (TPSA) is 46.5 Å². The number of hydrogen-bond donors (Lipinski definition) is 1. The summed E-state index contributed by atoms with van der Waals surface area (Å²) in [5.74, 6) is -0.456. The lowest BCUT2D eigenvalue weighted by Gasteiger charge is -2.10. The second-order valence-electron chi connectivity index (χ2n) is 3.83. The van der Waals surface area contributed by atoms with Crippen molar-refractivity contribution in [1.82, 2.24) is 0 Å². The van der Waals surface area contributed by atoms with Gasteiger partial charge in [0.15, 0.2) is 0 Å². The number of para-hydroxylation sites is 1. The van der Waals surface area contributed by atoms with Gasteiger partial charge in [0, 0.05) is 10.0 Å². The third-order valence-corrected chi connectivity index (χ3v) is 3.33. The minimum Gasteiger partial charge on any atom is -0.487 e. The number of aromatic carboxylic acids is 1. The highest BCUT2D eigenvalue weighted by atomic mass is 79.9. The van der Waals surface area contributed by atoms with Crippen molar-refractivity contribution in [3.8, 4) is 5.75 Å². The molecule has 0 aliphatic heterocycles. The first kappa shape index (κ1) is 13.9. The average Bonchev–Trinajstić information content (AvgIpc) is 2.38. The molecule has 0 atom stereocenters. The average molecular weight is 342 g/mol. The zero-order valence-corrected chi connectivity index (χ0v) is 12.1. The molecule has 0 bridgehead atoms. The maximum atomic E-state index is 11.1. The maximum absolute atomic E-state index is 11.1. The van der Waals surface area contributed by atoms with Gasteiger partial charge in [-0.25, -0.2) is 4.79 Å². The van der Waals surface area contributed by atoms with Crippen molar-refractivity contribution in [2.75, 3.05) is 0 Å². The standard InChI is InChI=1S/C14H10BrClO3/c15-10-6-5-9(11(7-10)14(17)18)8-19-13-4-2-1-3-12(13)16/h1-7H,8H2,(H,17,18). The molecule has 0 saturated heterocycles. The lowest BCUT2D eigenvalue weighted by atomic mass is 10.1. The van der Waals surface area contributed by atoms with Crippen LogP contribution in [0.2, 0.25) is 5.02 Å². The Morgan fingerprint density at radius 2 is 2.00 bits per heavy atom. The molecule has 0 amide bonds. The molecule has 1 N–H and O–H groups in total. The van der Waals surface area contributed by atoms with Crippen LogP contribution < -0.4 is 4.74 Å². The largest absolute Gasteiger partial charge is 0.487 e. The van der Waals surface area contributed by atoms with Gasteiger partial charge in [0.1, 0.15) is 12.4 Å². The number of ether oxygens (including phenoxy) is 1. The molecular formula is C14H10BrClO3. The minimum atomic E-state index is -0.987. The van der Waals surface area contributed by atoms with Crippen molar-refractivity contribution in [3.63, 3.8) is 0 Å². The normalized spacial score (nSPS) is 10.2. The first-order chi connectivity index (χ1) is 9.08. The monoisotopic (exact) mass is 340 g/mol. The van der Waals surface area contributed by atoms with E-state index in [0.717, 1.165) is 0 Å². The highest BCUT2D eigenvalue weighted by Gasteiger charge is 2.11. The van der Waals surface area contributed by atoms with Gasteiger partial charge >= 0.3 is 5.97 Å². The molecule has 98 valence electrons. The van der Waals surface area contributed by atoms with Crippen LogP contribution in [0, 0.1) is 0 Å². The molecule has 0 radical (unpaired) electrons. The summed E-state index contributed by atoms with van der Waals surface area (Å²) in [5, 5.41) is 9.64. The van der Waals surface area contributed by atoms with E-state index in [4.69, 9.17) is 21.4 Å². The number of benzene rings is 2. The van der Waals surface area contributed by atoms with E-state index in [0.29, 0.717) is 20.8 Å². The summed E-state index contributed by atoms with van der Waals surface area (Å²) in [6.45, 7) is 0.151. The van der Waals surface area contributed by atoms with Crippen LogP contribution in [0.3, 0.4) is 0 Å². The van der Waals surface area contributed by atoms with Crippen LogP contribution in [0.15, 0.2) is 46.9 Å². The third kappa shape index (κ3) is 3.49. The van der Waals surface area contributed by atoms with E-state index in [2.05, 4.69) is 15.9 Å². The number of carboxylic acid groups (broad SMARTS) is 1. The van der Waals surface area contributed by atoms with E-state index < -0.39 is 5.97 Å². The molecule has 3 nitrogen and oxygen atoms in total. The van der Waals surface area contributed by atoms with Crippen molar-refractivity contribution in [2.45, 2.75) is 6.61 Å². The molecule has 0 spiro atoms. The molecule has 0 saturated carbocycles. The fraction of sp³-hybridized carbons (Fsp3) is 0.0714. The van der Waals surface area contributed by atoms with Crippen molar-refractivity contribution < 1.29 is 14.6 Å². The van der Waals surface area contributed by atoms with Crippen LogP contribution in [0.4, 0.5) is 0 Å². The van der Waals surface area contributed by atoms with Crippen LogP contribution in [0.25, 0.3) is 0 Å². The Hall–Kier alpha value is -1.52. The van der Waals surface area contributed by atoms with Gasteiger partial charge in [-0.2, -0.15) is 0 Å². The minimum absolute atomic E-state index is 0.151. The molecule has 2 rings (SSSR count). The molecule has 0 heterocycles. The Morgan fingerprint density at radius 3 is 2.68 bits per heavy atom. The Bertz CT molecular complexity index is 613. The van der Waals surface area contributed by atoms with Gasteiger partial charge in [0.2, 0.25) is 0 Å². The quantitative estimate of drug-likeness (QED) is 0.897. The SMILES string of the molecule is O=C(O)c1cc(Br)ccc1COc1ccccc1Cl. The Labute approximate surface area is 123 Å². The third-order valence-electron chi connectivity index (χ3n) is 2.52. The second-order valence-corrected chi connectivity index (χ2v) is 5.15.